The number of rotatable bonds is 6. The third-order valence-electron chi connectivity index (χ3n) is 5.37. The molecule has 0 N–H and O–H groups in total. The summed E-state index contributed by atoms with van der Waals surface area (Å²) >= 11 is 0. The van der Waals surface area contributed by atoms with Crippen LogP contribution in [0, 0.1) is 0 Å². The number of benzene rings is 2. The van der Waals surface area contributed by atoms with Gasteiger partial charge in [0.25, 0.3) is 5.91 Å². The van der Waals surface area contributed by atoms with Crippen molar-refractivity contribution in [1.29, 1.82) is 0 Å². The van der Waals surface area contributed by atoms with Crippen molar-refractivity contribution in [3.05, 3.63) is 54.1 Å². The lowest BCUT2D eigenvalue weighted by Gasteiger charge is -2.32. The van der Waals surface area contributed by atoms with Gasteiger partial charge in [0, 0.05) is 39.5 Å². The van der Waals surface area contributed by atoms with Crippen molar-refractivity contribution in [2.24, 2.45) is 0 Å². The first-order valence-corrected chi connectivity index (χ1v) is 10.2. The SMILES string of the molecule is CN(C)c1ccc(CN(C[C@H]2CCCO2)C(=O)[C@@H]2COc3ccccc3O2)cc1. The van der Waals surface area contributed by atoms with E-state index in [0.29, 0.717) is 24.6 Å². The fraction of sp³-hybridized carbons (Fsp3) is 0.435. The fourth-order valence-electron chi connectivity index (χ4n) is 3.73. The van der Waals surface area contributed by atoms with E-state index in [1.54, 1.807) is 0 Å². The second kappa shape index (κ2) is 8.74. The third kappa shape index (κ3) is 4.65. The standard InChI is InChI=1S/C23H28N2O4/c1-24(2)18-11-9-17(10-12-18)14-25(15-19-6-5-13-27-19)23(26)22-16-28-20-7-3-4-8-21(20)29-22/h3-4,7-12,19,22H,5-6,13-16H2,1-2H3/t19-,22+/m1/s1. The minimum absolute atomic E-state index is 0.0633. The van der Waals surface area contributed by atoms with Crippen LogP contribution in [0.2, 0.25) is 0 Å². The van der Waals surface area contributed by atoms with E-state index in [2.05, 4.69) is 29.2 Å². The Bertz CT molecular complexity index is 831. The number of nitrogens with zero attached hydrogens (tertiary/aromatic N) is 2. The van der Waals surface area contributed by atoms with E-state index < -0.39 is 6.10 Å². The topological polar surface area (TPSA) is 51.2 Å². The summed E-state index contributed by atoms with van der Waals surface area (Å²) in [6.45, 7) is 2.07. The Labute approximate surface area is 172 Å². The molecule has 1 amide bonds. The van der Waals surface area contributed by atoms with Gasteiger partial charge in [-0.2, -0.15) is 0 Å². The summed E-state index contributed by atoms with van der Waals surface area (Å²) in [6.07, 6.45) is 1.46. The molecular formula is C23H28N2O4. The Morgan fingerprint density at radius 1 is 1.07 bits per heavy atom. The first kappa shape index (κ1) is 19.6. The van der Waals surface area contributed by atoms with E-state index in [4.69, 9.17) is 14.2 Å². The number of anilines is 1. The molecule has 6 heteroatoms. The lowest BCUT2D eigenvalue weighted by molar-refractivity contribution is -0.143. The molecule has 2 aliphatic rings. The molecule has 1 fully saturated rings. The molecule has 29 heavy (non-hydrogen) atoms. The minimum Gasteiger partial charge on any atom is -0.485 e. The van der Waals surface area contributed by atoms with Crippen LogP contribution in [0.3, 0.4) is 0 Å². The molecule has 1 saturated heterocycles. The monoisotopic (exact) mass is 396 g/mol. The van der Waals surface area contributed by atoms with Crippen LogP contribution in [0.5, 0.6) is 11.5 Å². The summed E-state index contributed by atoms with van der Waals surface area (Å²) in [4.78, 5) is 17.2. The van der Waals surface area contributed by atoms with Gasteiger partial charge in [-0.1, -0.05) is 24.3 Å². The highest BCUT2D eigenvalue weighted by Gasteiger charge is 2.33. The first-order chi connectivity index (χ1) is 14.1. The number of para-hydroxylation sites is 2. The molecule has 2 aromatic carbocycles. The molecule has 6 nitrogen and oxygen atoms in total. The van der Waals surface area contributed by atoms with Gasteiger partial charge in [-0.05, 0) is 42.7 Å². The van der Waals surface area contributed by atoms with Crippen molar-refractivity contribution in [1.82, 2.24) is 4.90 Å². The quantitative estimate of drug-likeness (QED) is 0.751. The molecular weight excluding hydrogens is 368 g/mol. The van der Waals surface area contributed by atoms with Gasteiger partial charge in [0.2, 0.25) is 6.10 Å². The smallest absolute Gasteiger partial charge is 0.267 e. The zero-order valence-electron chi connectivity index (χ0n) is 17.0. The van der Waals surface area contributed by atoms with Gasteiger partial charge in [0.15, 0.2) is 11.5 Å². The molecule has 0 aromatic heterocycles. The molecule has 0 unspecified atom stereocenters. The Hall–Kier alpha value is -2.73. The van der Waals surface area contributed by atoms with Crippen LogP contribution in [0.1, 0.15) is 18.4 Å². The van der Waals surface area contributed by atoms with Crippen LogP contribution in [0.15, 0.2) is 48.5 Å². The Kier molecular flexibility index (Phi) is 5.90. The molecule has 2 aliphatic heterocycles. The largest absolute Gasteiger partial charge is 0.485 e. The molecule has 0 saturated carbocycles. The maximum absolute atomic E-state index is 13.3. The van der Waals surface area contributed by atoms with Crippen molar-refractivity contribution < 1.29 is 19.0 Å². The summed E-state index contributed by atoms with van der Waals surface area (Å²) in [7, 11) is 4.03. The minimum atomic E-state index is -0.646. The lowest BCUT2D eigenvalue weighted by Crippen LogP contribution is -2.48. The predicted octanol–water partition coefficient (Wildman–Crippen LogP) is 3.10. The number of carbonyl (C=O) groups is 1. The highest BCUT2D eigenvalue weighted by molar-refractivity contribution is 5.82. The van der Waals surface area contributed by atoms with Crippen LogP contribution in [-0.4, -0.2) is 56.9 Å². The van der Waals surface area contributed by atoms with Gasteiger partial charge < -0.3 is 24.0 Å². The van der Waals surface area contributed by atoms with Crippen LogP contribution < -0.4 is 14.4 Å². The summed E-state index contributed by atoms with van der Waals surface area (Å²) in [5, 5.41) is 0. The Morgan fingerprint density at radius 2 is 1.83 bits per heavy atom. The first-order valence-electron chi connectivity index (χ1n) is 10.2. The molecule has 0 radical (unpaired) electrons. The molecule has 2 aromatic rings. The molecule has 0 bridgehead atoms. The number of ether oxygens (including phenoxy) is 3. The van der Waals surface area contributed by atoms with Crippen LogP contribution >= 0.6 is 0 Å². The molecule has 2 atom stereocenters. The molecule has 0 aliphatic carbocycles. The van der Waals surface area contributed by atoms with E-state index in [-0.39, 0.29) is 18.6 Å². The van der Waals surface area contributed by atoms with Gasteiger partial charge in [-0.3, -0.25) is 4.79 Å². The zero-order valence-corrected chi connectivity index (χ0v) is 17.0. The van der Waals surface area contributed by atoms with Crippen LogP contribution in [-0.2, 0) is 16.1 Å². The summed E-state index contributed by atoms with van der Waals surface area (Å²) < 4.78 is 17.5. The van der Waals surface area contributed by atoms with E-state index >= 15 is 0 Å². The third-order valence-corrected chi connectivity index (χ3v) is 5.37. The number of hydrogen-bond donors (Lipinski definition) is 0. The van der Waals surface area contributed by atoms with Crippen molar-refractivity contribution in [2.75, 3.05) is 38.8 Å². The van der Waals surface area contributed by atoms with Gasteiger partial charge in [0.05, 0.1) is 6.10 Å². The second-order valence-electron chi connectivity index (χ2n) is 7.78. The average molecular weight is 396 g/mol. The zero-order chi connectivity index (χ0) is 20.2. The Balaban J connectivity index is 1.49. The Morgan fingerprint density at radius 3 is 2.52 bits per heavy atom. The highest BCUT2D eigenvalue weighted by Crippen LogP contribution is 2.31. The van der Waals surface area contributed by atoms with E-state index in [0.717, 1.165) is 30.7 Å². The number of hydrogen-bond acceptors (Lipinski definition) is 5. The van der Waals surface area contributed by atoms with Crippen molar-refractivity contribution in [3.63, 3.8) is 0 Å². The number of amides is 1. The van der Waals surface area contributed by atoms with Crippen molar-refractivity contribution in [3.8, 4) is 11.5 Å². The molecule has 0 spiro atoms. The van der Waals surface area contributed by atoms with Crippen LogP contribution in [0.4, 0.5) is 5.69 Å². The van der Waals surface area contributed by atoms with Crippen molar-refractivity contribution in [2.45, 2.75) is 31.6 Å². The van der Waals surface area contributed by atoms with E-state index in [9.17, 15) is 4.79 Å². The molecule has 4 rings (SSSR count). The fourth-order valence-corrected chi connectivity index (χ4v) is 3.73. The molecule has 2 heterocycles. The van der Waals surface area contributed by atoms with E-state index in [1.165, 1.54) is 0 Å². The van der Waals surface area contributed by atoms with Gasteiger partial charge in [-0.25, -0.2) is 0 Å². The summed E-state index contributed by atoms with van der Waals surface area (Å²) in [5.74, 6) is 1.23. The predicted molar refractivity (Wildman–Crippen MR) is 112 cm³/mol. The number of fused-ring (bicyclic) bond motifs is 1. The summed E-state index contributed by atoms with van der Waals surface area (Å²) in [6, 6.07) is 15.7. The molecule has 154 valence electrons. The second-order valence-corrected chi connectivity index (χ2v) is 7.78. The van der Waals surface area contributed by atoms with Gasteiger partial charge in [-0.15, -0.1) is 0 Å². The van der Waals surface area contributed by atoms with Crippen LogP contribution in [0.25, 0.3) is 0 Å². The number of carbonyl (C=O) groups excluding carboxylic acids is 1. The average Bonchev–Trinajstić information content (AvgIpc) is 3.26. The van der Waals surface area contributed by atoms with Gasteiger partial charge >= 0.3 is 0 Å². The maximum Gasteiger partial charge on any atom is 0.267 e. The lowest BCUT2D eigenvalue weighted by atomic mass is 10.1. The van der Waals surface area contributed by atoms with Crippen molar-refractivity contribution >= 4 is 11.6 Å². The highest BCUT2D eigenvalue weighted by atomic mass is 16.6. The van der Waals surface area contributed by atoms with Gasteiger partial charge in [0.1, 0.15) is 6.61 Å². The maximum atomic E-state index is 13.3. The summed E-state index contributed by atoms with van der Waals surface area (Å²) in [5.41, 5.74) is 2.21. The normalized spacial score (nSPS) is 20.3. The van der Waals surface area contributed by atoms with E-state index in [1.807, 2.05) is 43.3 Å².